The Kier molecular flexibility index (Phi) is 2.89. The van der Waals surface area contributed by atoms with Gasteiger partial charge in [-0.2, -0.15) is 0 Å². The fraction of sp³-hybridized carbons (Fsp3) is 0.500. The van der Waals surface area contributed by atoms with Crippen LogP contribution in [0.25, 0.3) is 0 Å². The molecule has 66 valence electrons. The maximum atomic E-state index is 4.19. The predicted octanol–water partition coefficient (Wildman–Crippen LogP) is 3.27. The predicted molar refractivity (Wildman–Crippen MR) is 55.6 cm³/mol. The van der Waals surface area contributed by atoms with Gasteiger partial charge in [0.1, 0.15) is 0 Å². The Morgan fingerprint density at radius 2 is 2.00 bits per heavy atom. The van der Waals surface area contributed by atoms with Crippen LogP contribution in [-0.2, 0) is 10.7 Å². The number of pyridine rings is 1. The summed E-state index contributed by atoms with van der Waals surface area (Å²) >= 11 is 3.42. The number of hydrogen-bond donors (Lipinski definition) is 0. The van der Waals surface area contributed by atoms with Crippen LogP contribution in [0.5, 0.6) is 0 Å². The molecule has 1 aromatic rings. The molecule has 1 rings (SSSR count). The van der Waals surface area contributed by atoms with Crippen LogP contribution in [0.15, 0.2) is 18.5 Å². The zero-order valence-corrected chi connectivity index (χ0v) is 9.35. The molecule has 0 spiro atoms. The minimum atomic E-state index is 0.200. The SMILES string of the molecule is CC(C)(C)c1cncc(CBr)c1. The maximum absolute atomic E-state index is 4.19. The third-order valence-electron chi connectivity index (χ3n) is 1.82. The molecule has 0 radical (unpaired) electrons. The normalized spacial score (nSPS) is 11.7. The molecule has 0 fully saturated rings. The maximum Gasteiger partial charge on any atom is 0.0308 e. The van der Waals surface area contributed by atoms with Gasteiger partial charge in [-0.15, -0.1) is 0 Å². The first kappa shape index (κ1) is 9.72. The van der Waals surface area contributed by atoms with Crippen molar-refractivity contribution in [1.29, 1.82) is 0 Å². The van der Waals surface area contributed by atoms with Gasteiger partial charge in [0, 0.05) is 17.7 Å². The Hall–Kier alpha value is -0.370. The minimum Gasteiger partial charge on any atom is -0.264 e. The van der Waals surface area contributed by atoms with Gasteiger partial charge in [-0.25, -0.2) is 0 Å². The first-order valence-corrected chi connectivity index (χ1v) is 5.16. The molecule has 0 atom stereocenters. The molecule has 0 N–H and O–H groups in total. The lowest BCUT2D eigenvalue weighted by Crippen LogP contribution is -2.11. The molecule has 1 nitrogen and oxygen atoms in total. The number of hydrogen-bond acceptors (Lipinski definition) is 1. The van der Waals surface area contributed by atoms with Crippen molar-refractivity contribution in [3.8, 4) is 0 Å². The van der Waals surface area contributed by atoms with Gasteiger partial charge in [-0.1, -0.05) is 42.8 Å². The molecule has 0 aliphatic carbocycles. The van der Waals surface area contributed by atoms with Crippen molar-refractivity contribution in [3.63, 3.8) is 0 Å². The van der Waals surface area contributed by atoms with Gasteiger partial charge in [0.2, 0.25) is 0 Å². The van der Waals surface area contributed by atoms with Crippen LogP contribution in [0, 0.1) is 0 Å². The van der Waals surface area contributed by atoms with E-state index in [1.807, 2.05) is 12.4 Å². The third-order valence-corrected chi connectivity index (χ3v) is 2.46. The molecular weight excluding hydrogens is 214 g/mol. The highest BCUT2D eigenvalue weighted by Crippen LogP contribution is 2.22. The minimum absolute atomic E-state index is 0.200. The van der Waals surface area contributed by atoms with Crippen molar-refractivity contribution < 1.29 is 0 Å². The average molecular weight is 228 g/mol. The van der Waals surface area contributed by atoms with Gasteiger partial charge in [-0.3, -0.25) is 4.98 Å². The highest BCUT2D eigenvalue weighted by atomic mass is 79.9. The van der Waals surface area contributed by atoms with E-state index in [1.165, 1.54) is 11.1 Å². The van der Waals surface area contributed by atoms with Crippen molar-refractivity contribution in [3.05, 3.63) is 29.6 Å². The molecule has 0 unspecified atom stereocenters. The van der Waals surface area contributed by atoms with Crippen LogP contribution in [-0.4, -0.2) is 4.98 Å². The molecule has 0 aromatic carbocycles. The number of rotatable bonds is 1. The molecule has 1 heterocycles. The monoisotopic (exact) mass is 227 g/mol. The van der Waals surface area contributed by atoms with E-state index in [-0.39, 0.29) is 5.41 Å². The van der Waals surface area contributed by atoms with Crippen LogP contribution in [0.3, 0.4) is 0 Å². The van der Waals surface area contributed by atoms with Crippen LogP contribution in [0.2, 0.25) is 0 Å². The summed E-state index contributed by atoms with van der Waals surface area (Å²) in [6.07, 6.45) is 3.83. The van der Waals surface area contributed by atoms with Crippen molar-refractivity contribution in [2.24, 2.45) is 0 Å². The number of halogens is 1. The molecule has 2 heteroatoms. The molecule has 1 aromatic heterocycles. The van der Waals surface area contributed by atoms with E-state index in [0.29, 0.717) is 0 Å². The molecular formula is C10H14BrN. The van der Waals surface area contributed by atoms with Crippen molar-refractivity contribution in [2.45, 2.75) is 31.5 Å². The van der Waals surface area contributed by atoms with Gasteiger partial charge in [0.15, 0.2) is 0 Å². The summed E-state index contributed by atoms with van der Waals surface area (Å²) in [6.45, 7) is 6.59. The van der Waals surface area contributed by atoms with Crippen molar-refractivity contribution >= 4 is 15.9 Å². The van der Waals surface area contributed by atoms with E-state index in [2.05, 4.69) is 47.8 Å². The van der Waals surface area contributed by atoms with Crippen molar-refractivity contribution in [2.75, 3.05) is 0 Å². The second-order valence-electron chi connectivity index (χ2n) is 3.97. The van der Waals surface area contributed by atoms with E-state index >= 15 is 0 Å². The summed E-state index contributed by atoms with van der Waals surface area (Å²) < 4.78 is 0. The lowest BCUT2D eigenvalue weighted by atomic mass is 9.88. The zero-order chi connectivity index (χ0) is 9.19. The van der Waals surface area contributed by atoms with E-state index in [0.717, 1.165) is 5.33 Å². The van der Waals surface area contributed by atoms with Gasteiger partial charge in [0.05, 0.1) is 0 Å². The van der Waals surface area contributed by atoms with Gasteiger partial charge in [0.25, 0.3) is 0 Å². The zero-order valence-electron chi connectivity index (χ0n) is 7.76. The van der Waals surface area contributed by atoms with Gasteiger partial charge >= 0.3 is 0 Å². The first-order valence-electron chi connectivity index (χ1n) is 4.04. The Bertz CT molecular complexity index is 263. The van der Waals surface area contributed by atoms with E-state index in [1.54, 1.807) is 0 Å². The molecule has 0 saturated heterocycles. The number of alkyl halides is 1. The Balaban J connectivity index is 3.02. The van der Waals surface area contributed by atoms with Gasteiger partial charge < -0.3 is 0 Å². The average Bonchev–Trinajstić information content (AvgIpc) is 2.03. The smallest absolute Gasteiger partial charge is 0.0308 e. The van der Waals surface area contributed by atoms with E-state index < -0.39 is 0 Å². The fourth-order valence-electron chi connectivity index (χ4n) is 0.971. The lowest BCUT2D eigenvalue weighted by Gasteiger charge is -2.18. The number of aromatic nitrogens is 1. The quantitative estimate of drug-likeness (QED) is 0.672. The molecule has 0 bridgehead atoms. The van der Waals surface area contributed by atoms with Gasteiger partial charge in [-0.05, 0) is 16.5 Å². The van der Waals surface area contributed by atoms with Crippen LogP contribution < -0.4 is 0 Å². The summed E-state index contributed by atoms with van der Waals surface area (Å²) in [4.78, 5) is 4.19. The second-order valence-corrected chi connectivity index (χ2v) is 4.53. The fourth-order valence-corrected chi connectivity index (χ4v) is 1.28. The largest absolute Gasteiger partial charge is 0.264 e. The molecule has 0 amide bonds. The highest BCUT2D eigenvalue weighted by Gasteiger charge is 2.13. The standard InChI is InChI=1S/C10H14BrN/c1-10(2,3)9-4-8(5-11)6-12-7-9/h4,6-7H,5H2,1-3H3. The number of nitrogens with zero attached hydrogens (tertiary/aromatic N) is 1. The first-order chi connectivity index (χ1) is 5.54. The molecule has 0 aliphatic rings. The topological polar surface area (TPSA) is 12.9 Å². The summed E-state index contributed by atoms with van der Waals surface area (Å²) in [5.74, 6) is 0. The third kappa shape index (κ3) is 2.31. The van der Waals surface area contributed by atoms with E-state index in [9.17, 15) is 0 Å². The molecule has 12 heavy (non-hydrogen) atoms. The summed E-state index contributed by atoms with van der Waals surface area (Å²) in [5, 5.41) is 0.879. The Labute approximate surface area is 82.3 Å². The molecule has 0 saturated carbocycles. The summed E-state index contributed by atoms with van der Waals surface area (Å²) in [7, 11) is 0. The van der Waals surface area contributed by atoms with Crippen LogP contribution >= 0.6 is 15.9 Å². The second kappa shape index (κ2) is 3.56. The Morgan fingerprint density at radius 1 is 1.33 bits per heavy atom. The van der Waals surface area contributed by atoms with Crippen molar-refractivity contribution in [1.82, 2.24) is 4.98 Å². The van der Waals surface area contributed by atoms with Crippen LogP contribution in [0.1, 0.15) is 31.9 Å². The van der Waals surface area contributed by atoms with E-state index in [4.69, 9.17) is 0 Å². The highest BCUT2D eigenvalue weighted by molar-refractivity contribution is 9.08. The summed E-state index contributed by atoms with van der Waals surface area (Å²) in [6, 6.07) is 2.20. The molecule has 0 aliphatic heterocycles. The lowest BCUT2D eigenvalue weighted by molar-refractivity contribution is 0.586. The summed E-state index contributed by atoms with van der Waals surface area (Å²) in [5.41, 5.74) is 2.73. The Morgan fingerprint density at radius 3 is 2.50 bits per heavy atom. The van der Waals surface area contributed by atoms with Crippen LogP contribution in [0.4, 0.5) is 0 Å².